The standard InChI is InChI=1S/C12H8BrClF3N/c1-6(13)7-2-3-10-8(4-7)9(14)5-11(18-10)12(15,16)17/h2-6H,1H3. The summed E-state index contributed by atoms with van der Waals surface area (Å²) in [7, 11) is 0. The van der Waals surface area contributed by atoms with Gasteiger partial charge in [-0.05, 0) is 30.7 Å². The molecule has 0 aliphatic rings. The predicted octanol–water partition coefficient (Wildman–Crippen LogP) is 5.36. The van der Waals surface area contributed by atoms with Crippen LogP contribution in [-0.2, 0) is 6.18 Å². The highest BCUT2D eigenvalue weighted by molar-refractivity contribution is 9.09. The summed E-state index contributed by atoms with van der Waals surface area (Å²) in [4.78, 5) is 3.68. The second kappa shape index (κ2) is 4.70. The van der Waals surface area contributed by atoms with E-state index in [9.17, 15) is 13.2 Å². The summed E-state index contributed by atoms with van der Waals surface area (Å²) in [5.74, 6) is 0. The van der Waals surface area contributed by atoms with Crippen LogP contribution in [0.15, 0.2) is 24.3 Å². The Morgan fingerprint density at radius 3 is 2.50 bits per heavy atom. The lowest BCUT2D eigenvalue weighted by Crippen LogP contribution is -2.08. The number of fused-ring (bicyclic) bond motifs is 1. The fraction of sp³-hybridized carbons (Fsp3) is 0.250. The normalized spacial score (nSPS) is 13.9. The maximum absolute atomic E-state index is 12.6. The molecule has 0 N–H and O–H groups in total. The van der Waals surface area contributed by atoms with Crippen molar-refractivity contribution < 1.29 is 13.2 Å². The van der Waals surface area contributed by atoms with Crippen LogP contribution in [0.3, 0.4) is 0 Å². The van der Waals surface area contributed by atoms with Crippen LogP contribution in [0.4, 0.5) is 13.2 Å². The quantitative estimate of drug-likeness (QED) is 0.638. The molecular weight excluding hydrogens is 330 g/mol. The van der Waals surface area contributed by atoms with Gasteiger partial charge in [-0.1, -0.05) is 33.6 Å². The van der Waals surface area contributed by atoms with Gasteiger partial charge >= 0.3 is 6.18 Å². The van der Waals surface area contributed by atoms with Gasteiger partial charge in [0.15, 0.2) is 0 Å². The van der Waals surface area contributed by atoms with Crippen LogP contribution in [0.1, 0.15) is 23.0 Å². The molecule has 0 saturated heterocycles. The van der Waals surface area contributed by atoms with E-state index < -0.39 is 11.9 Å². The van der Waals surface area contributed by atoms with Gasteiger partial charge in [-0.15, -0.1) is 0 Å². The highest BCUT2D eigenvalue weighted by atomic mass is 79.9. The van der Waals surface area contributed by atoms with Gasteiger partial charge in [0.25, 0.3) is 0 Å². The van der Waals surface area contributed by atoms with Crippen molar-refractivity contribution in [3.05, 3.63) is 40.5 Å². The van der Waals surface area contributed by atoms with Gasteiger partial charge in [0.05, 0.1) is 10.5 Å². The molecule has 0 fully saturated rings. The third-order valence-electron chi connectivity index (χ3n) is 2.53. The molecule has 1 unspecified atom stereocenters. The van der Waals surface area contributed by atoms with Gasteiger partial charge < -0.3 is 0 Å². The van der Waals surface area contributed by atoms with E-state index in [0.29, 0.717) is 5.39 Å². The van der Waals surface area contributed by atoms with Crippen LogP contribution < -0.4 is 0 Å². The van der Waals surface area contributed by atoms with Gasteiger partial charge in [0.1, 0.15) is 5.69 Å². The molecule has 1 atom stereocenters. The summed E-state index contributed by atoms with van der Waals surface area (Å²) < 4.78 is 37.7. The van der Waals surface area contributed by atoms with Crippen molar-refractivity contribution in [2.75, 3.05) is 0 Å². The van der Waals surface area contributed by atoms with Crippen molar-refractivity contribution in [2.45, 2.75) is 17.9 Å². The van der Waals surface area contributed by atoms with Crippen LogP contribution in [0, 0.1) is 0 Å². The minimum atomic E-state index is -4.49. The van der Waals surface area contributed by atoms with E-state index in [2.05, 4.69) is 20.9 Å². The van der Waals surface area contributed by atoms with Crippen molar-refractivity contribution >= 4 is 38.4 Å². The Hall–Kier alpha value is -0.810. The number of rotatable bonds is 1. The van der Waals surface area contributed by atoms with Crippen LogP contribution in [0.25, 0.3) is 10.9 Å². The number of hydrogen-bond donors (Lipinski definition) is 0. The topological polar surface area (TPSA) is 12.9 Å². The van der Waals surface area contributed by atoms with Gasteiger partial charge in [0.2, 0.25) is 0 Å². The Kier molecular flexibility index (Phi) is 3.56. The van der Waals surface area contributed by atoms with Crippen LogP contribution in [0.5, 0.6) is 0 Å². The Balaban J connectivity index is 2.66. The van der Waals surface area contributed by atoms with E-state index in [1.165, 1.54) is 0 Å². The van der Waals surface area contributed by atoms with Crippen LogP contribution >= 0.6 is 27.5 Å². The van der Waals surface area contributed by atoms with Crippen LogP contribution in [0.2, 0.25) is 5.02 Å². The average Bonchev–Trinajstić information content (AvgIpc) is 2.27. The number of alkyl halides is 4. The summed E-state index contributed by atoms with van der Waals surface area (Å²) in [5, 5.41) is 0.579. The zero-order valence-electron chi connectivity index (χ0n) is 9.22. The van der Waals surface area contributed by atoms with Crippen molar-refractivity contribution in [3.8, 4) is 0 Å². The first-order valence-electron chi connectivity index (χ1n) is 5.10. The molecule has 96 valence electrons. The molecule has 0 amide bonds. The summed E-state index contributed by atoms with van der Waals surface area (Å²) >= 11 is 9.29. The van der Waals surface area contributed by atoms with Crippen molar-refractivity contribution in [2.24, 2.45) is 0 Å². The number of aromatic nitrogens is 1. The number of benzene rings is 1. The lowest BCUT2D eigenvalue weighted by Gasteiger charge is -2.10. The van der Waals surface area contributed by atoms with Crippen molar-refractivity contribution in [1.29, 1.82) is 0 Å². The number of hydrogen-bond acceptors (Lipinski definition) is 1. The summed E-state index contributed by atoms with van der Waals surface area (Å²) in [6, 6.07) is 5.87. The van der Waals surface area contributed by atoms with Gasteiger partial charge in [-0.25, -0.2) is 4.98 Å². The second-order valence-corrected chi connectivity index (χ2v) is 5.66. The maximum Gasteiger partial charge on any atom is 0.433 e. The largest absolute Gasteiger partial charge is 0.433 e. The fourth-order valence-electron chi connectivity index (χ4n) is 1.59. The third-order valence-corrected chi connectivity index (χ3v) is 3.37. The van der Waals surface area contributed by atoms with E-state index in [1.54, 1.807) is 18.2 Å². The average molecular weight is 339 g/mol. The first-order chi connectivity index (χ1) is 8.29. The second-order valence-electron chi connectivity index (χ2n) is 3.88. The Morgan fingerprint density at radius 2 is 1.94 bits per heavy atom. The monoisotopic (exact) mass is 337 g/mol. The molecule has 1 aromatic carbocycles. The zero-order valence-corrected chi connectivity index (χ0v) is 11.6. The molecule has 18 heavy (non-hydrogen) atoms. The van der Waals surface area contributed by atoms with Gasteiger partial charge in [0, 0.05) is 10.2 Å². The predicted molar refractivity (Wildman–Crippen MR) is 69.1 cm³/mol. The molecule has 0 aliphatic heterocycles. The lowest BCUT2D eigenvalue weighted by atomic mass is 10.1. The summed E-state index contributed by atoms with van der Waals surface area (Å²) in [6.07, 6.45) is -4.49. The molecule has 0 bridgehead atoms. The SMILES string of the molecule is CC(Br)c1ccc2nc(C(F)(F)F)cc(Cl)c2c1. The molecule has 2 aromatic rings. The smallest absolute Gasteiger partial charge is 0.243 e. The van der Waals surface area contributed by atoms with Crippen molar-refractivity contribution in [3.63, 3.8) is 0 Å². The number of halogens is 5. The van der Waals surface area contributed by atoms with E-state index in [4.69, 9.17) is 11.6 Å². The van der Waals surface area contributed by atoms with Crippen molar-refractivity contribution in [1.82, 2.24) is 4.98 Å². The number of pyridine rings is 1. The molecule has 1 heterocycles. The molecule has 1 aromatic heterocycles. The van der Waals surface area contributed by atoms with E-state index in [0.717, 1.165) is 11.6 Å². The van der Waals surface area contributed by atoms with E-state index in [-0.39, 0.29) is 15.4 Å². The molecular formula is C12H8BrClF3N. The molecule has 2 rings (SSSR count). The molecule has 0 radical (unpaired) electrons. The highest BCUT2D eigenvalue weighted by Gasteiger charge is 2.33. The third kappa shape index (κ3) is 2.62. The minimum absolute atomic E-state index is 0.0577. The summed E-state index contributed by atoms with van der Waals surface area (Å²) in [5.41, 5.74) is 0.206. The fourth-order valence-corrected chi connectivity index (χ4v) is 2.13. The zero-order chi connectivity index (χ0) is 13.5. The molecule has 0 saturated carbocycles. The van der Waals surface area contributed by atoms with E-state index in [1.807, 2.05) is 6.92 Å². The minimum Gasteiger partial charge on any atom is -0.243 e. The summed E-state index contributed by atoms with van der Waals surface area (Å²) in [6.45, 7) is 1.92. The van der Waals surface area contributed by atoms with Gasteiger partial charge in [-0.3, -0.25) is 0 Å². The Bertz CT molecular complexity index is 596. The van der Waals surface area contributed by atoms with E-state index >= 15 is 0 Å². The van der Waals surface area contributed by atoms with Crippen LogP contribution in [-0.4, -0.2) is 4.98 Å². The molecule has 6 heteroatoms. The first kappa shape index (κ1) is 13.6. The lowest BCUT2D eigenvalue weighted by molar-refractivity contribution is -0.140. The molecule has 0 aliphatic carbocycles. The Morgan fingerprint density at radius 1 is 1.28 bits per heavy atom. The molecule has 1 nitrogen and oxygen atoms in total. The Labute approximate surface area is 115 Å². The molecule has 0 spiro atoms. The maximum atomic E-state index is 12.6. The first-order valence-corrected chi connectivity index (χ1v) is 6.40. The van der Waals surface area contributed by atoms with Gasteiger partial charge in [-0.2, -0.15) is 13.2 Å². The number of nitrogens with zero attached hydrogens (tertiary/aromatic N) is 1. The highest BCUT2D eigenvalue weighted by Crippen LogP contribution is 2.34.